The maximum atomic E-state index is 12.5. The van der Waals surface area contributed by atoms with Crippen molar-refractivity contribution in [2.24, 2.45) is 16.3 Å². The summed E-state index contributed by atoms with van der Waals surface area (Å²) in [6.45, 7) is 5.75. The molecule has 0 spiro atoms. The Morgan fingerprint density at radius 1 is 1.44 bits per heavy atom. The maximum absolute atomic E-state index is 12.5. The molecule has 0 saturated heterocycles. The van der Waals surface area contributed by atoms with E-state index in [1.54, 1.807) is 6.92 Å². The summed E-state index contributed by atoms with van der Waals surface area (Å²) in [5.74, 6) is 0.0982. The Balaban J connectivity index is 2.85. The lowest BCUT2D eigenvalue weighted by atomic mass is 9.81. The fourth-order valence-electron chi connectivity index (χ4n) is 2.62. The average molecular weight is 255 g/mol. The first-order chi connectivity index (χ1) is 8.44. The van der Waals surface area contributed by atoms with Crippen LogP contribution in [0.1, 0.15) is 59.3 Å². The molecule has 1 atom stereocenters. The fourth-order valence-corrected chi connectivity index (χ4v) is 2.62. The minimum absolute atomic E-state index is 0.0402. The lowest BCUT2D eigenvalue weighted by molar-refractivity contribution is -0.132. The second-order valence-corrected chi connectivity index (χ2v) is 5.47. The van der Waals surface area contributed by atoms with E-state index < -0.39 is 5.54 Å². The van der Waals surface area contributed by atoms with E-state index in [2.05, 4.69) is 17.4 Å². The lowest BCUT2D eigenvalue weighted by Gasteiger charge is -2.34. The molecule has 1 unspecified atom stereocenters. The highest BCUT2D eigenvalue weighted by Crippen LogP contribution is 2.41. The van der Waals surface area contributed by atoms with Gasteiger partial charge in [-0.1, -0.05) is 31.8 Å². The molecule has 1 fully saturated rings. The number of carbonyl (C=O) groups is 1. The normalized spacial score (nSPS) is 22.5. The van der Waals surface area contributed by atoms with E-state index in [1.807, 2.05) is 6.92 Å². The average Bonchev–Trinajstić information content (AvgIpc) is 2.87. The molecule has 0 aromatic rings. The molecule has 104 valence electrons. The van der Waals surface area contributed by atoms with E-state index >= 15 is 0 Å². The molecule has 0 aromatic carbocycles. The lowest BCUT2D eigenvalue weighted by Crippen LogP contribution is -2.58. The van der Waals surface area contributed by atoms with Gasteiger partial charge in [-0.15, -0.1) is 0 Å². The van der Waals surface area contributed by atoms with Gasteiger partial charge < -0.3 is 16.3 Å². The molecule has 1 aliphatic rings. The molecule has 0 bridgehead atoms. The summed E-state index contributed by atoms with van der Waals surface area (Å²) in [6.07, 6.45) is 5.52. The number of hydrogen-bond acceptors (Lipinski definition) is 3. The summed E-state index contributed by atoms with van der Waals surface area (Å²) in [6, 6.07) is 0. The topological polar surface area (TPSA) is 87.7 Å². The quantitative estimate of drug-likeness (QED) is 0.304. The van der Waals surface area contributed by atoms with Crippen molar-refractivity contribution in [2.45, 2.75) is 64.8 Å². The third-order valence-corrected chi connectivity index (χ3v) is 4.49. The van der Waals surface area contributed by atoms with Gasteiger partial charge >= 0.3 is 0 Å². The van der Waals surface area contributed by atoms with Crippen molar-refractivity contribution in [1.82, 2.24) is 5.32 Å². The molecule has 0 aliphatic heterocycles. The molecule has 1 rings (SSSR count). The number of amides is 1. The summed E-state index contributed by atoms with van der Waals surface area (Å²) in [5.41, 5.74) is 4.65. The summed E-state index contributed by atoms with van der Waals surface area (Å²) >= 11 is 0. The van der Waals surface area contributed by atoms with Crippen molar-refractivity contribution in [3.8, 4) is 0 Å². The van der Waals surface area contributed by atoms with Gasteiger partial charge in [0.15, 0.2) is 5.84 Å². The molecule has 4 N–H and O–H groups in total. The van der Waals surface area contributed by atoms with Gasteiger partial charge in [-0.3, -0.25) is 4.79 Å². The van der Waals surface area contributed by atoms with E-state index in [1.165, 1.54) is 0 Å². The van der Waals surface area contributed by atoms with Crippen LogP contribution in [0.3, 0.4) is 0 Å². The van der Waals surface area contributed by atoms with Gasteiger partial charge in [-0.05, 0) is 32.6 Å². The van der Waals surface area contributed by atoms with Gasteiger partial charge in [-0.2, -0.15) is 0 Å². The predicted octanol–water partition coefficient (Wildman–Crippen LogP) is 1.99. The van der Waals surface area contributed by atoms with Crippen molar-refractivity contribution in [3.63, 3.8) is 0 Å². The SMILES string of the molecule is CCC1(C(=O)NC(C)(CC)C(N)=NO)CCCC1. The molecule has 0 radical (unpaired) electrons. The molecular weight excluding hydrogens is 230 g/mol. The number of rotatable bonds is 5. The molecule has 5 nitrogen and oxygen atoms in total. The minimum Gasteiger partial charge on any atom is -0.409 e. The Morgan fingerprint density at radius 2 is 2.00 bits per heavy atom. The van der Waals surface area contributed by atoms with Crippen LogP contribution >= 0.6 is 0 Å². The van der Waals surface area contributed by atoms with Crippen molar-refractivity contribution in [2.75, 3.05) is 0 Å². The maximum Gasteiger partial charge on any atom is 0.226 e. The van der Waals surface area contributed by atoms with Gasteiger partial charge in [0.05, 0.1) is 5.54 Å². The monoisotopic (exact) mass is 255 g/mol. The summed E-state index contributed by atoms with van der Waals surface area (Å²) in [7, 11) is 0. The Kier molecular flexibility index (Phi) is 4.59. The van der Waals surface area contributed by atoms with E-state index in [0.29, 0.717) is 6.42 Å². The summed E-state index contributed by atoms with van der Waals surface area (Å²) in [4.78, 5) is 12.5. The van der Waals surface area contributed by atoms with Crippen LogP contribution in [0.4, 0.5) is 0 Å². The molecule has 1 saturated carbocycles. The van der Waals surface area contributed by atoms with E-state index in [0.717, 1.165) is 32.1 Å². The molecule has 1 amide bonds. The van der Waals surface area contributed by atoms with Crippen LogP contribution in [0.15, 0.2) is 5.16 Å². The van der Waals surface area contributed by atoms with E-state index in [9.17, 15) is 4.79 Å². The summed E-state index contributed by atoms with van der Waals surface area (Å²) < 4.78 is 0. The van der Waals surface area contributed by atoms with Gasteiger partial charge in [0, 0.05) is 5.41 Å². The number of oxime groups is 1. The smallest absolute Gasteiger partial charge is 0.226 e. The van der Waals surface area contributed by atoms with Crippen molar-refractivity contribution in [1.29, 1.82) is 0 Å². The van der Waals surface area contributed by atoms with Gasteiger partial charge in [0.2, 0.25) is 5.91 Å². The highest BCUT2D eigenvalue weighted by Gasteiger charge is 2.42. The zero-order valence-electron chi connectivity index (χ0n) is 11.6. The van der Waals surface area contributed by atoms with Crippen LogP contribution in [-0.2, 0) is 4.79 Å². The predicted molar refractivity (Wildman–Crippen MR) is 71.4 cm³/mol. The second-order valence-electron chi connectivity index (χ2n) is 5.47. The van der Waals surface area contributed by atoms with Crippen molar-refractivity contribution < 1.29 is 10.0 Å². The number of nitrogens with zero attached hydrogens (tertiary/aromatic N) is 1. The van der Waals surface area contributed by atoms with Crippen LogP contribution in [-0.4, -0.2) is 22.5 Å². The van der Waals surface area contributed by atoms with Gasteiger partial charge in [-0.25, -0.2) is 0 Å². The van der Waals surface area contributed by atoms with Crippen LogP contribution in [0, 0.1) is 5.41 Å². The number of hydrogen-bond donors (Lipinski definition) is 3. The first-order valence-electron chi connectivity index (χ1n) is 6.74. The molecular formula is C13H25N3O2. The minimum atomic E-state index is -0.767. The van der Waals surface area contributed by atoms with Crippen molar-refractivity contribution >= 4 is 11.7 Å². The molecule has 0 heterocycles. The Hall–Kier alpha value is -1.26. The summed E-state index contributed by atoms with van der Waals surface area (Å²) in [5, 5.41) is 14.8. The highest BCUT2D eigenvalue weighted by molar-refractivity contribution is 5.95. The van der Waals surface area contributed by atoms with Crippen molar-refractivity contribution in [3.05, 3.63) is 0 Å². The first kappa shape index (κ1) is 14.8. The third-order valence-electron chi connectivity index (χ3n) is 4.49. The van der Waals surface area contributed by atoms with Crippen LogP contribution in [0.5, 0.6) is 0 Å². The number of nitrogens with two attached hydrogens (primary N) is 1. The fraction of sp³-hybridized carbons (Fsp3) is 0.846. The second kappa shape index (κ2) is 5.59. The van der Waals surface area contributed by atoms with Crippen LogP contribution < -0.4 is 11.1 Å². The van der Waals surface area contributed by atoms with Crippen LogP contribution in [0.25, 0.3) is 0 Å². The molecule has 5 heteroatoms. The molecule has 0 aromatic heterocycles. The largest absolute Gasteiger partial charge is 0.409 e. The standard InChI is InChI=1S/C13H25N3O2/c1-4-12(3,10(14)16-18)15-11(17)13(5-2)8-6-7-9-13/h18H,4-9H2,1-3H3,(H2,14,16)(H,15,17). The van der Waals surface area contributed by atoms with E-state index in [4.69, 9.17) is 10.9 Å². The zero-order chi connectivity index (χ0) is 13.8. The Morgan fingerprint density at radius 3 is 2.39 bits per heavy atom. The van der Waals surface area contributed by atoms with Crippen LogP contribution in [0.2, 0.25) is 0 Å². The van der Waals surface area contributed by atoms with Gasteiger partial charge in [0.1, 0.15) is 0 Å². The molecule has 18 heavy (non-hydrogen) atoms. The Labute approximate surface area is 109 Å². The number of amidine groups is 1. The van der Waals surface area contributed by atoms with Gasteiger partial charge in [0.25, 0.3) is 0 Å². The number of carbonyl (C=O) groups excluding carboxylic acids is 1. The Bertz CT molecular complexity index is 335. The first-order valence-corrected chi connectivity index (χ1v) is 6.74. The highest BCUT2D eigenvalue weighted by atomic mass is 16.4. The third kappa shape index (κ3) is 2.60. The number of nitrogens with one attached hydrogen (secondary N) is 1. The molecule has 1 aliphatic carbocycles. The van der Waals surface area contributed by atoms with E-state index in [-0.39, 0.29) is 17.2 Å². The zero-order valence-corrected chi connectivity index (χ0v) is 11.6.